The number of anilines is 2. The van der Waals surface area contributed by atoms with Gasteiger partial charge < -0.3 is 15.4 Å². The number of aromatic nitrogens is 2. The summed E-state index contributed by atoms with van der Waals surface area (Å²) < 4.78 is 5.46. The minimum absolute atomic E-state index is 0.0770. The van der Waals surface area contributed by atoms with Crippen LogP contribution < -0.4 is 10.6 Å². The molecule has 1 amide bonds. The molecule has 156 valence electrons. The number of fused-ring (bicyclic) bond motifs is 1. The molecule has 1 aliphatic heterocycles. The van der Waals surface area contributed by atoms with Crippen molar-refractivity contribution in [2.45, 2.75) is 25.5 Å². The van der Waals surface area contributed by atoms with E-state index in [-0.39, 0.29) is 12.0 Å². The van der Waals surface area contributed by atoms with E-state index in [2.05, 4.69) is 38.8 Å². The first-order valence-corrected chi connectivity index (χ1v) is 11.1. The van der Waals surface area contributed by atoms with E-state index in [0.29, 0.717) is 13.2 Å². The van der Waals surface area contributed by atoms with Gasteiger partial charge in [-0.25, -0.2) is 9.97 Å². The summed E-state index contributed by atoms with van der Waals surface area (Å²) in [6.45, 7) is 1.25. The van der Waals surface area contributed by atoms with Gasteiger partial charge in [-0.1, -0.05) is 42.5 Å². The van der Waals surface area contributed by atoms with E-state index in [9.17, 15) is 4.79 Å². The number of rotatable bonds is 6. The molecule has 1 aliphatic rings. The molecular formula is C24H22N4O2S. The van der Waals surface area contributed by atoms with Crippen molar-refractivity contribution in [3.05, 3.63) is 72.6 Å². The maximum Gasteiger partial charge on any atom is 0.253 e. The Bertz CT molecular complexity index is 1200. The zero-order valence-electron chi connectivity index (χ0n) is 16.9. The van der Waals surface area contributed by atoms with Gasteiger partial charge in [-0.05, 0) is 42.2 Å². The molecule has 3 heterocycles. The van der Waals surface area contributed by atoms with Crippen molar-refractivity contribution in [1.29, 1.82) is 0 Å². The molecule has 4 aromatic rings. The molecule has 1 atom stereocenters. The standard InChI is InChI=1S/C24H22N4O2S/c29-23(20-10-5-11-30-20)28-18-9-4-6-16(12-18)14-25-22-19-13-21(17-7-2-1-3-8-17)31-24(19)27-15-26-22/h1-4,6-9,12-13,15,20H,5,10-11,14H2,(H,28,29)(H,25,26,27). The zero-order chi connectivity index (χ0) is 21.0. The number of nitrogens with one attached hydrogen (secondary N) is 2. The van der Waals surface area contributed by atoms with Gasteiger partial charge in [-0.3, -0.25) is 4.79 Å². The lowest BCUT2D eigenvalue weighted by Gasteiger charge is -2.12. The monoisotopic (exact) mass is 430 g/mol. The van der Waals surface area contributed by atoms with Crippen LogP contribution in [0.15, 0.2) is 67.0 Å². The second kappa shape index (κ2) is 8.83. The summed E-state index contributed by atoms with van der Waals surface area (Å²) in [4.78, 5) is 23.3. The molecule has 31 heavy (non-hydrogen) atoms. The highest BCUT2D eigenvalue weighted by molar-refractivity contribution is 7.21. The minimum atomic E-state index is -0.339. The number of amides is 1. The Kier molecular flexibility index (Phi) is 5.60. The Morgan fingerprint density at radius 3 is 2.84 bits per heavy atom. The van der Waals surface area contributed by atoms with Crippen LogP contribution in [0.3, 0.4) is 0 Å². The molecule has 2 aromatic heterocycles. The Labute approximate surface area is 184 Å². The van der Waals surface area contributed by atoms with E-state index < -0.39 is 0 Å². The first-order valence-electron chi connectivity index (χ1n) is 10.3. The van der Waals surface area contributed by atoms with E-state index >= 15 is 0 Å². The number of benzene rings is 2. The second-order valence-corrected chi connectivity index (χ2v) is 8.49. The number of thiophene rings is 1. The highest BCUT2D eigenvalue weighted by Gasteiger charge is 2.23. The van der Waals surface area contributed by atoms with Crippen LogP contribution in [0.4, 0.5) is 11.5 Å². The molecule has 0 bridgehead atoms. The summed E-state index contributed by atoms with van der Waals surface area (Å²) in [5.74, 6) is 0.726. The molecule has 1 unspecified atom stereocenters. The van der Waals surface area contributed by atoms with E-state index in [1.54, 1.807) is 17.7 Å². The van der Waals surface area contributed by atoms with Gasteiger partial charge in [0.1, 0.15) is 23.1 Å². The third-order valence-corrected chi connectivity index (χ3v) is 6.36. The van der Waals surface area contributed by atoms with E-state index in [1.165, 1.54) is 5.56 Å². The van der Waals surface area contributed by atoms with Gasteiger partial charge in [-0.2, -0.15) is 0 Å². The number of hydrogen-bond acceptors (Lipinski definition) is 6. The fraction of sp³-hybridized carbons (Fsp3) is 0.208. The van der Waals surface area contributed by atoms with Gasteiger partial charge in [0.15, 0.2) is 0 Å². The van der Waals surface area contributed by atoms with Crippen molar-refractivity contribution in [1.82, 2.24) is 9.97 Å². The van der Waals surface area contributed by atoms with E-state index in [4.69, 9.17) is 4.74 Å². The average Bonchev–Trinajstić information content (AvgIpc) is 3.49. The van der Waals surface area contributed by atoms with Crippen LogP contribution >= 0.6 is 11.3 Å². The lowest BCUT2D eigenvalue weighted by molar-refractivity contribution is -0.124. The van der Waals surface area contributed by atoms with Crippen molar-refractivity contribution < 1.29 is 9.53 Å². The van der Waals surface area contributed by atoms with Gasteiger partial charge in [0.05, 0.1) is 5.39 Å². The fourth-order valence-corrected chi connectivity index (χ4v) is 4.70. The van der Waals surface area contributed by atoms with Crippen LogP contribution in [0.5, 0.6) is 0 Å². The first-order chi connectivity index (χ1) is 15.3. The summed E-state index contributed by atoms with van der Waals surface area (Å²) in [6.07, 6.45) is 2.97. The summed E-state index contributed by atoms with van der Waals surface area (Å²) in [5, 5.41) is 7.39. The lowest BCUT2D eigenvalue weighted by atomic mass is 10.1. The van der Waals surface area contributed by atoms with E-state index in [1.807, 2.05) is 42.5 Å². The molecule has 0 spiro atoms. The van der Waals surface area contributed by atoms with Crippen molar-refractivity contribution >= 4 is 39.0 Å². The predicted molar refractivity (Wildman–Crippen MR) is 124 cm³/mol. The normalized spacial score (nSPS) is 15.8. The van der Waals surface area contributed by atoms with Crippen molar-refractivity contribution in [2.75, 3.05) is 17.2 Å². The SMILES string of the molecule is O=C(Nc1cccc(CNc2ncnc3sc(-c4ccccc4)cc23)c1)C1CCCO1. The van der Waals surface area contributed by atoms with Crippen molar-refractivity contribution in [2.24, 2.45) is 0 Å². The van der Waals surface area contributed by atoms with Gasteiger partial charge in [0, 0.05) is 23.7 Å². The molecule has 2 aromatic carbocycles. The molecule has 6 nitrogen and oxygen atoms in total. The zero-order valence-corrected chi connectivity index (χ0v) is 17.7. The average molecular weight is 431 g/mol. The maximum atomic E-state index is 12.3. The van der Waals surface area contributed by atoms with Crippen molar-refractivity contribution in [3.8, 4) is 10.4 Å². The Balaban J connectivity index is 1.31. The Hall–Kier alpha value is -3.29. The van der Waals surface area contributed by atoms with Crippen LogP contribution in [0, 0.1) is 0 Å². The molecule has 1 fully saturated rings. The minimum Gasteiger partial charge on any atom is -0.368 e. The molecular weight excluding hydrogens is 408 g/mol. The van der Waals surface area contributed by atoms with Gasteiger partial charge in [0.2, 0.25) is 0 Å². The third-order valence-electron chi connectivity index (χ3n) is 5.26. The number of nitrogens with zero attached hydrogens (tertiary/aromatic N) is 2. The number of ether oxygens (including phenoxy) is 1. The van der Waals surface area contributed by atoms with Crippen LogP contribution in [0.1, 0.15) is 18.4 Å². The molecule has 0 radical (unpaired) electrons. The molecule has 1 saturated heterocycles. The summed E-state index contributed by atoms with van der Waals surface area (Å²) in [6, 6.07) is 20.3. The summed E-state index contributed by atoms with van der Waals surface area (Å²) in [7, 11) is 0. The van der Waals surface area contributed by atoms with E-state index in [0.717, 1.165) is 45.0 Å². The smallest absolute Gasteiger partial charge is 0.253 e. The topological polar surface area (TPSA) is 76.1 Å². The quantitative estimate of drug-likeness (QED) is 0.446. The highest BCUT2D eigenvalue weighted by atomic mass is 32.1. The third kappa shape index (κ3) is 4.42. The molecule has 5 rings (SSSR count). The van der Waals surface area contributed by atoms with Gasteiger partial charge in [-0.15, -0.1) is 11.3 Å². The van der Waals surface area contributed by atoms with Crippen LogP contribution in [0.25, 0.3) is 20.7 Å². The molecule has 2 N–H and O–H groups in total. The second-order valence-electron chi connectivity index (χ2n) is 7.46. The molecule has 0 aliphatic carbocycles. The lowest BCUT2D eigenvalue weighted by Crippen LogP contribution is -2.26. The summed E-state index contributed by atoms with van der Waals surface area (Å²) >= 11 is 1.66. The first kappa shape index (κ1) is 19.7. The number of hydrogen-bond donors (Lipinski definition) is 2. The predicted octanol–water partition coefficient (Wildman–Crippen LogP) is 5.09. The largest absolute Gasteiger partial charge is 0.368 e. The van der Waals surface area contributed by atoms with Crippen LogP contribution in [0.2, 0.25) is 0 Å². The maximum absolute atomic E-state index is 12.3. The van der Waals surface area contributed by atoms with Gasteiger partial charge in [0.25, 0.3) is 5.91 Å². The molecule has 0 saturated carbocycles. The fourth-order valence-electron chi connectivity index (χ4n) is 3.69. The number of carbonyl (C=O) groups is 1. The van der Waals surface area contributed by atoms with Gasteiger partial charge >= 0.3 is 0 Å². The van der Waals surface area contributed by atoms with Crippen molar-refractivity contribution in [3.63, 3.8) is 0 Å². The highest BCUT2D eigenvalue weighted by Crippen LogP contribution is 2.34. The number of carbonyl (C=O) groups excluding carboxylic acids is 1. The Morgan fingerprint density at radius 2 is 2.00 bits per heavy atom. The molecule has 7 heteroatoms. The Morgan fingerprint density at radius 1 is 1.10 bits per heavy atom. The van der Waals surface area contributed by atoms with Crippen LogP contribution in [-0.4, -0.2) is 28.6 Å². The van der Waals surface area contributed by atoms with Crippen LogP contribution in [-0.2, 0) is 16.1 Å². The summed E-state index contributed by atoms with van der Waals surface area (Å²) in [5.41, 5.74) is 3.00.